The molecule has 0 amide bonds. The van der Waals surface area contributed by atoms with Crippen LogP contribution in [0.15, 0.2) is 41.3 Å². The second-order valence-electron chi connectivity index (χ2n) is 7.43. The minimum atomic E-state index is -4.12. The first-order valence-electron chi connectivity index (χ1n) is 8.85. The summed E-state index contributed by atoms with van der Waals surface area (Å²) in [7, 11) is -4.12. The molecule has 7 heteroatoms. The Bertz CT molecular complexity index is 984. The molecule has 1 aliphatic heterocycles. The molecule has 1 heterocycles. The number of anilines is 1. The number of hydrogen-bond donors (Lipinski definition) is 2. The molecular formula is C20H24N2O4S. The summed E-state index contributed by atoms with van der Waals surface area (Å²) in [6.45, 7) is 6.87. The van der Waals surface area contributed by atoms with Crippen LogP contribution in [0.4, 0.5) is 5.69 Å². The second kappa shape index (κ2) is 6.98. The molecule has 3 rings (SSSR count). The van der Waals surface area contributed by atoms with Crippen molar-refractivity contribution in [1.82, 2.24) is 0 Å². The van der Waals surface area contributed by atoms with Crippen LogP contribution < -0.4 is 10.0 Å². The van der Waals surface area contributed by atoms with Crippen LogP contribution in [0.1, 0.15) is 36.2 Å². The zero-order valence-corrected chi connectivity index (χ0v) is 16.5. The maximum absolute atomic E-state index is 12.3. The largest absolute Gasteiger partial charge is 0.478 e. The molecule has 0 radical (unpaired) electrons. The fourth-order valence-electron chi connectivity index (χ4n) is 3.82. The first kappa shape index (κ1) is 19.4. The molecule has 1 fully saturated rings. The van der Waals surface area contributed by atoms with Crippen LogP contribution in [-0.2, 0) is 10.0 Å². The van der Waals surface area contributed by atoms with E-state index in [0.717, 1.165) is 24.6 Å². The number of sulfonamides is 1. The van der Waals surface area contributed by atoms with Gasteiger partial charge in [-0.05, 0) is 43.9 Å². The van der Waals surface area contributed by atoms with Gasteiger partial charge in [0.1, 0.15) is 0 Å². The van der Waals surface area contributed by atoms with E-state index in [1.807, 2.05) is 31.2 Å². The van der Waals surface area contributed by atoms with Crippen LogP contribution >= 0.6 is 0 Å². The highest BCUT2D eigenvalue weighted by Crippen LogP contribution is 2.41. The van der Waals surface area contributed by atoms with E-state index in [9.17, 15) is 18.3 Å². The number of primary sulfonamides is 1. The maximum Gasteiger partial charge on any atom is 0.335 e. The number of rotatable bonds is 4. The molecule has 6 nitrogen and oxygen atoms in total. The molecule has 0 aromatic heterocycles. The number of carbonyl (C=O) groups is 1. The van der Waals surface area contributed by atoms with E-state index >= 15 is 0 Å². The molecule has 2 unspecified atom stereocenters. The van der Waals surface area contributed by atoms with Crippen LogP contribution in [0.5, 0.6) is 0 Å². The Labute approximate surface area is 159 Å². The molecule has 1 saturated heterocycles. The Morgan fingerprint density at radius 3 is 2.30 bits per heavy atom. The lowest BCUT2D eigenvalue weighted by atomic mass is 9.99. The molecule has 0 aliphatic carbocycles. The summed E-state index contributed by atoms with van der Waals surface area (Å²) in [5.74, 6) is -0.756. The fourth-order valence-corrected chi connectivity index (χ4v) is 4.62. The van der Waals surface area contributed by atoms with Gasteiger partial charge in [-0.25, -0.2) is 18.4 Å². The fraction of sp³-hybridized carbons (Fsp3) is 0.350. The summed E-state index contributed by atoms with van der Waals surface area (Å²) in [5.41, 5.74) is 2.71. The smallest absolute Gasteiger partial charge is 0.335 e. The van der Waals surface area contributed by atoms with Gasteiger partial charge in [0.2, 0.25) is 10.0 Å². The van der Waals surface area contributed by atoms with Crippen LogP contribution in [0.3, 0.4) is 0 Å². The number of nitrogens with zero attached hydrogens (tertiary/aromatic N) is 1. The molecule has 144 valence electrons. The lowest BCUT2D eigenvalue weighted by molar-refractivity contribution is 0.0696. The van der Waals surface area contributed by atoms with E-state index in [-0.39, 0.29) is 16.5 Å². The SMILES string of the molecule is Cc1ccc(-c2c(N3CC(C)CC3C)cc(C(=O)O)cc2S(N)(=O)=O)cc1. The topological polar surface area (TPSA) is 101 Å². The molecule has 0 spiro atoms. The van der Waals surface area contributed by atoms with Gasteiger partial charge >= 0.3 is 5.97 Å². The Morgan fingerprint density at radius 2 is 1.81 bits per heavy atom. The van der Waals surface area contributed by atoms with Gasteiger partial charge in [-0.3, -0.25) is 0 Å². The average molecular weight is 388 g/mol. The van der Waals surface area contributed by atoms with Crippen LogP contribution in [0.2, 0.25) is 0 Å². The third-order valence-corrected chi connectivity index (χ3v) is 6.00. The first-order valence-corrected chi connectivity index (χ1v) is 10.4. The lowest BCUT2D eigenvalue weighted by Gasteiger charge is -2.28. The van der Waals surface area contributed by atoms with E-state index in [4.69, 9.17) is 5.14 Å². The van der Waals surface area contributed by atoms with Gasteiger partial charge in [-0.15, -0.1) is 0 Å². The van der Waals surface area contributed by atoms with Gasteiger partial charge in [0.25, 0.3) is 0 Å². The normalized spacial score (nSPS) is 20.1. The van der Waals surface area contributed by atoms with Crippen LogP contribution in [0, 0.1) is 12.8 Å². The van der Waals surface area contributed by atoms with E-state index in [2.05, 4.69) is 18.7 Å². The molecule has 2 aromatic rings. The Balaban J connectivity index is 2.36. The second-order valence-corrected chi connectivity index (χ2v) is 8.96. The Kier molecular flexibility index (Phi) is 5.01. The number of nitrogens with two attached hydrogens (primary N) is 1. The van der Waals surface area contributed by atoms with Crippen molar-refractivity contribution in [3.05, 3.63) is 47.5 Å². The third-order valence-electron chi connectivity index (χ3n) is 5.07. The quantitative estimate of drug-likeness (QED) is 0.837. The highest BCUT2D eigenvalue weighted by molar-refractivity contribution is 7.89. The predicted octanol–water partition coefficient (Wildman–Crippen LogP) is 3.24. The van der Waals surface area contributed by atoms with Gasteiger partial charge < -0.3 is 10.0 Å². The number of benzene rings is 2. The van der Waals surface area contributed by atoms with E-state index in [0.29, 0.717) is 22.7 Å². The van der Waals surface area contributed by atoms with E-state index in [1.165, 1.54) is 0 Å². The zero-order valence-electron chi connectivity index (χ0n) is 15.6. The molecule has 2 aromatic carbocycles. The maximum atomic E-state index is 12.3. The van der Waals surface area contributed by atoms with Crippen molar-refractivity contribution in [2.24, 2.45) is 11.1 Å². The van der Waals surface area contributed by atoms with Gasteiger partial charge in [-0.1, -0.05) is 36.8 Å². The molecule has 1 aliphatic rings. The van der Waals surface area contributed by atoms with Crippen LogP contribution in [-0.4, -0.2) is 32.1 Å². The monoisotopic (exact) mass is 388 g/mol. The minimum Gasteiger partial charge on any atom is -0.478 e. The van der Waals surface area contributed by atoms with Crippen molar-refractivity contribution < 1.29 is 18.3 Å². The summed E-state index contributed by atoms with van der Waals surface area (Å²) >= 11 is 0. The van der Waals surface area contributed by atoms with Gasteiger partial charge in [-0.2, -0.15) is 0 Å². The summed E-state index contributed by atoms with van der Waals surface area (Å²) in [6, 6.07) is 10.4. The van der Waals surface area contributed by atoms with E-state index in [1.54, 1.807) is 6.07 Å². The third kappa shape index (κ3) is 3.84. The highest BCUT2D eigenvalue weighted by Gasteiger charge is 2.31. The summed E-state index contributed by atoms with van der Waals surface area (Å²) in [6.07, 6.45) is 0.954. The molecule has 2 atom stereocenters. The molecule has 3 N–H and O–H groups in total. The van der Waals surface area contributed by atoms with Gasteiger partial charge in [0.15, 0.2) is 0 Å². The minimum absolute atomic E-state index is 0.0864. The number of carboxylic acids is 1. The van der Waals surface area contributed by atoms with E-state index < -0.39 is 16.0 Å². The number of aromatic carboxylic acids is 1. The van der Waals surface area contributed by atoms with Crippen molar-refractivity contribution in [3.8, 4) is 11.1 Å². The lowest BCUT2D eigenvalue weighted by Crippen LogP contribution is -2.28. The summed E-state index contributed by atoms with van der Waals surface area (Å²) in [5, 5.41) is 15.0. The number of hydrogen-bond acceptors (Lipinski definition) is 4. The average Bonchev–Trinajstić information content (AvgIpc) is 2.92. The first-order chi connectivity index (χ1) is 12.6. The van der Waals surface area contributed by atoms with Crippen molar-refractivity contribution in [3.63, 3.8) is 0 Å². The van der Waals surface area contributed by atoms with Crippen molar-refractivity contribution in [1.29, 1.82) is 0 Å². The summed E-state index contributed by atoms with van der Waals surface area (Å²) in [4.78, 5) is 13.6. The van der Waals surface area contributed by atoms with Crippen LogP contribution in [0.25, 0.3) is 11.1 Å². The van der Waals surface area contributed by atoms with Crippen molar-refractivity contribution in [2.75, 3.05) is 11.4 Å². The summed E-state index contributed by atoms with van der Waals surface area (Å²) < 4.78 is 24.7. The predicted molar refractivity (Wildman–Crippen MR) is 106 cm³/mol. The van der Waals surface area contributed by atoms with Gasteiger partial charge in [0, 0.05) is 23.8 Å². The molecule has 0 saturated carbocycles. The van der Waals surface area contributed by atoms with Crippen molar-refractivity contribution >= 4 is 21.7 Å². The highest BCUT2D eigenvalue weighted by atomic mass is 32.2. The zero-order chi connectivity index (χ0) is 19.9. The molecular weight excluding hydrogens is 364 g/mol. The molecule has 0 bridgehead atoms. The molecule has 27 heavy (non-hydrogen) atoms. The number of aryl methyl sites for hydroxylation is 1. The number of carboxylic acid groups (broad SMARTS) is 1. The van der Waals surface area contributed by atoms with Gasteiger partial charge in [0.05, 0.1) is 10.5 Å². The van der Waals surface area contributed by atoms with Crippen molar-refractivity contribution in [2.45, 2.75) is 38.1 Å². The Morgan fingerprint density at radius 1 is 1.19 bits per heavy atom. The Hall–Kier alpha value is -2.38. The standard InChI is InChI=1S/C20H24N2O4S/c1-12-4-6-15(7-5-12)19-17(22-11-13(2)8-14(22)3)9-16(20(23)24)10-18(19)27(21,25)26/h4-7,9-10,13-14H,8,11H2,1-3H3,(H,23,24)(H2,21,25,26).